The van der Waals surface area contributed by atoms with Crippen LogP contribution in [0.1, 0.15) is 34.8 Å². The van der Waals surface area contributed by atoms with Gasteiger partial charge in [0.2, 0.25) is 0 Å². The van der Waals surface area contributed by atoms with E-state index in [-0.39, 0.29) is 11.6 Å². The summed E-state index contributed by atoms with van der Waals surface area (Å²) >= 11 is 0. The fraction of sp³-hybridized carbons (Fsp3) is 0.250. The molecular formula is C12H13FN4O. The number of pyridine rings is 1. The third-order valence-electron chi connectivity index (χ3n) is 2.50. The first kappa shape index (κ1) is 12.2. The Labute approximate surface area is 103 Å². The Morgan fingerprint density at radius 2 is 2.28 bits per heavy atom. The number of nitrogens with one attached hydrogen (secondary N) is 2. The van der Waals surface area contributed by atoms with Crippen LogP contribution in [0.25, 0.3) is 0 Å². The molecule has 0 spiro atoms. The van der Waals surface area contributed by atoms with Gasteiger partial charge in [-0.05, 0) is 19.9 Å². The van der Waals surface area contributed by atoms with Crippen LogP contribution in [0, 0.1) is 12.7 Å². The molecule has 0 aliphatic heterocycles. The van der Waals surface area contributed by atoms with E-state index < -0.39 is 11.7 Å². The Hall–Kier alpha value is -2.24. The number of carbonyl (C=O) groups is 1. The third kappa shape index (κ3) is 2.53. The van der Waals surface area contributed by atoms with Crippen LogP contribution in [0.15, 0.2) is 24.7 Å². The van der Waals surface area contributed by atoms with Gasteiger partial charge in [-0.25, -0.2) is 9.37 Å². The number of hydrogen-bond donors (Lipinski definition) is 2. The van der Waals surface area contributed by atoms with Crippen LogP contribution in [0.3, 0.4) is 0 Å². The fourth-order valence-electron chi connectivity index (χ4n) is 1.56. The van der Waals surface area contributed by atoms with Crippen molar-refractivity contribution in [3.05, 3.63) is 47.6 Å². The standard InChI is InChI=1S/C12H13FN4O/c1-7-5-15-11(16-7)8(2)17-12(18)9-3-4-14-6-10(9)13/h3-6,8H,1-2H3,(H,15,16)(H,17,18). The minimum Gasteiger partial charge on any atom is -0.344 e. The SMILES string of the molecule is Cc1cnc(C(C)NC(=O)c2ccncc2F)[nH]1. The van der Waals surface area contributed by atoms with Crippen molar-refractivity contribution < 1.29 is 9.18 Å². The van der Waals surface area contributed by atoms with E-state index >= 15 is 0 Å². The van der Waals surface area contributed by atoms with E-state index in [0.29, 0.717) is 5.82 Å². The van der Waals surface area contributed by atoms with E-state index in [4.69, 9.17) is 0 Å². The topological polar surface area (TPSA) is 70.7 Å². The molecule has 0 bridgehead atoms. The average molecular weight is 248 g/mol. The second-order valence-corrected chi connectivity index (χ2v) is 4.00. The lowest BCUT2D eigenvalue weighted by atomic mass is 10.2. The second kappa shape index (κ2) is 4.95. The highest BCUT2D eigenvalue weighted by Gasteiger charge is 2.16. The number of aromatic nitrogens is 3. The molecule has 2 aromatic rings. The Balaban J connectivity index is 2.10. The normalized spacial score (nSPS) is 12.2. The predicted octanol–water partition coefficient (Wildman–Crippen LogP) is 1.74. The molecule has 0 aliphatic rings. The summed E-state index contributed by atoms with van der Waals surface area (Å²) in [6.45, 7) is 3.64. The van der Waals surface area contributed by atoms with Crippen molar-refractivity contribution in [2.45, 2.75) is 19.9 Å². The summed E-state index contributed by atoms with van der Waals surface area (Å²) in [4.78, 5) is 22.6. The van der Waals surface area contributed by atoms with Gasteiger partial charge in [-0.3, -0.25) is 9.78 Å². The summed E-state index contributed by atoms with van der Waals surface area (Å²) in [5.74, 6) is -0.496. The largest absolute Gasteiger partial charge is 0.344 e. The molecule has 2 aromatic heterocycles. The van der Waals surface area contributed by atoms with Crippen LogP contribution in [0.4, 0.5) is 4.39 Å². The summed E-state index contributed by atoms with van der Waals surface area (Å²) in [6.07, 6.45) is 4.06. The number of aromatic amines is 1. The zero-order valence-electron chi connectivity index (χ0n) is 10.1. The van der Waals surface area contributed by atoms with Gasteiger partial charge < -0.3 is 10.3 Å². The molecule has 5 nitrogen and oxygen atoms in total. The van der Waals surface area contributed by atoms with Gasteiger partial charge in [0.05, 0.1) is 17.8 Å². The molecular weight excluding hydrogens is 235 g/mol. The van der Waals surface area contributed by atoms with E-state index in [2.05, 4.69) is 20.3 Å². The number of hydrogen-bond acceptors (Lipinski definition) is 3. The van der Waals surface area contributed by atoms with Gasteiger partial charge in [-0.15, -0.1) is 0 Å². The molecule has 0 radical (unpaired) electrons. The van der Waals surface area contributed by atoms with Crippen LogP contribution in [-0.4, -0.2) is 20.9 Å². The maximum absolute atomic E-state index is 13.4. The summed E-state index contributed by atoms with van der Waals surface area (Å²) in [5, 5.41) is 2.67. The highest BCUT2D eigenvalue weighted by atomic mass is 19.1. The molecule has 0 saturated heterocycles. The number of aryl methyl sites for hydroxylation is 1. The van der Waals surface area contributed by atoms with Gasteiger partial charge in [-0.2, -0.15) is 0 Å². The molecule has 0 aliphatic carbocycles. The molecule has 0 fully saturated rings. The molecule has 1 unspecified atom stereocenters. The van der Waals surface area contributed by atoms with Crippen molar-refractivity contribution in [2.24, 2.45) is 0 Å². The molecule has 2 heterocycles. The van der Waals surface area contributed by atoms with E-state index in [1.165, 1.54) is 12.3 Å². The third-order valence-corrected chi connectivity index (χ3v) is 2.50. The Morgan fingerprint density at radius 1 is 1.50 bits per heavy atom. The molecule has 1 amide bonds. The quantitative estimate of drug-likeness (QED) is 0.869. The number of rotatable bonds is 3. The van der Waals surface area contributed by atoms with Crippen molar-refractivity contribution in [3.8, 4) is 0 Å². The molecule has 2 rings (SSSR count). The van der Waals surface area contributed by atoms with Crippen molar-refractivity contribution in [2.75, 3.05) is 0 Å². The lowest BCUT2D eigenvalue weighted by Crippen LogP contribution is -2.28. The summed E-state index contributed by atoms with van der Waals surface area (Å²) in [6, 6.07) is 1.02. The fourth-order valence-corrected chi connectivity index (χ4v) is 1.56. The van der Waals surface area contributed by atoms with Crippen LogP contribution < -0.4 is 5.32 Å². The van der Waals surface area contributed by atoms with Gasteiger partial charge in [0.15, 0.2) is 5.82 Å². The number of halogens is 1. The van der Waals surface area contributed by atoms with Crippen molar-refractivity contribution in [3.63, 3.8) is 0 Å². The van der Waals surface area contributed by atoms with Crippen LogP contribution in [-0.2, 0) is 0 Å². The van der Waals surface area contributed by atoms with Crippen molar-refractivity contribution in [1.29, 1.82) is 0 Å². The van der Waals surface area contributed by atoms with E-state index in [9.17, 15) is 9.18 Å². The van der Waals surface area contributed by atoms with Gasteiger partial charge >= 0.3 is 0 Å². The van der Waals surface area contributed by atoms with Crippen LogP contribution in [0.2, 0.25) is 0 Å². The second-order valence-electron chi connectivity index (χ2n) is 4.00. The molecule has 1 atom stereocenters. The van der Waals surface area contributed by atoms with E-state index in [1.807, 2.05) is 6.92 Å². The van der Waals surface area contributed by atoms with Gasteiger partial charge in [-0.1, -0.05) is 0 Å². The van der Waals surface area contributed by atoms with Gasteiger partial charge in [0, 0.05) is 18.1 Å². The van der Waals surface area contributed by atoms with Crippen molar-refractivity contribution in [1.82, 2.24) is 20.3 Å². The zero-order chi connectivity index (χ0) is 13.1. The molecule has 18 heavy (non-hydrogen) atoms. The molecule has 94 valence electrons. The molecule has 6 heteroatoms. The zero-order valence-corrected chi connectivity index (χ0v) is 10.1. The Morgan fingerprint density at radius 3 is 2.89 bits per heavy atom. The lowest BCUT2D eigenvalue weighted by Gasteiger charge is -2.11. The Bertz CT molecular complexity index is 567. The van der Waals surface area contributed by atoms with Crippen molar-refractivity contribution >= 4 is 5.91 Å². The van der Waals surface area contributed by atoms with Gasteiger partial charge in [0.25, 0.3) is 5.91 Å². The lowest BCUT2D eigenvalue weighted by molar-refractivity contribution is 0.0934. The maximum atomic E-state index is 13.4. The predicted molar refractivity (Wildman–Crippen MR) is 63.4 cm³/mol. The van der Waals surface area contributed by atoms with Gasteiger partial charge in [0.1, 0.15) is 5.82 Å². The van der Waals surface area contributed by atoms with E-state index in [0.717, 1.165) is 11.9 Å². The average Bonchev–Trinajstić information content (AvgIpc) is 2.76. The summed E-state index contributed by atoms with van der Waals surface area (Å²) in [5.41, 5.74) is 0.876. The first-order valence-corrected chi connectivity index (χ1v) is 5.50. The highest BCUT2D eigenvalue weighted by Crippen LogP contribution is 2.10. The number of carbonyl (C=O) groups excluding carboxylic acids is 1. The van der Waals surface area contributed by atoms with Crippen LogP contribution in [0.5, 0.6) is 0 Å². The van der Waals surface area contributed by atoms with E-state index in [1.54, 1.807) is 13.1 Å². The number of imidazole rings is 1. The smallest absolute Gasteiger partial charge is 0.254 e. The summed E-state index contributed by atoms with van der Waals surface area (Å²) < 4.78 is 13.4. The minimum absolute atomic E-state index is 0.0277. The number of H-pyrrole nitrogens is 1. The first-order chi connectivity index (χ1) is 8.58. The number of nitrogens with zero attached hydrogens (tertiary/aromatic N) is 2. The maximum Gasteiger partial charge on any atom is 0.254 e. The monoisotopic (exact) mass is 248 g/mol. The molecule has 0 aromatic carbocycles. The minimum atomic E-state index is -0.641. The summed E-state index contributed by atoms with van der Waals surface area (Å²) in [7, 11) is 0. The van der Waals surface area contributed by atoms with Crippen LogP contribution >= 0.6 is 0 Å². The number of amides is 1. The highest BCUT2D eigenvalue weighted by molar-refractivity contribution is 5.94. The first-order valence-electron chi connectivity index (χ1n) is 5.50. The molecule has 0 saturated carbocycles. The molecule has 2 N–H and O–H groups in total. The Kier molecular flexibility index (Phi) is 3.36.